The summed E-state index contributed by atoms with van der Waals surface area (Å²) in [5, 5.41) is 0. The lowest BCUT2D eigenvalue weighted by Gasteiger charge is -2.26. The Kier molecular flexibility index (Phi) is 5.34. The molecule has 0 unspecified atom stereocenters. The third-order valence-electron chi connectivity index (χ3n) is 4.28. The lowest BCUT2D eigenvalue weighted by Crippen LogP contribution is -2.35. The first-order valence-electron chi connectivity index (χ1n) is 8.71. The molecular weight excluding hydrogens is 340 g/mol. The zero-order chi connectivity index (χ0) is 19.3. The van der Waals surface area contributed by atoms with Crippen molar-refractivity contribution in [1.82, 2.24) is 0 Å². The van der Waals surface area contributed by atoms with E-state index >= 15 is 0 Å². The number of nitrogens with zero attached hydrogens (tertiary/aromatic N) is 2. The van der Waals surface area contributed by atoms with Crippen LogP contribution in [-0.4, -0.2) is 23.1 Å². The van der Waals surface area contributed by atoms with E-state index in [2.05, 4.69) is 4.79 Å². The summed E-state index contributed by atoms with van der Waals surface area (Å²) in [6.45, 7) is 3.68. The number of hydrogen-bond donors (Lipinski definition) is 0. The molecule has 0 aliphatic carbocycles. The molecule has 5 nitrogen and oxygen atoms in total. The van der Waals surface area contributed by atoms with E-state index < -0.39 is 11.4 Å². The van der Waals surface area contributed by atoms with Crippen LogP contribution in [-0.2, 0) is 14.3 Å². The van der Waals surface area contributed by atoms with Crippen molar-refractivity contribution in [2.75, 3.05) is 6.61 Å². The van der Waals surface area contributed by atoms with Crippen LogP contribution in [0, 0.1) is 5.41 Å². The summed E-state index contributed by atoms with van der Waals surface area (Å²) < 4.78 is 11.2. The first-order chi connectivity index (χ1) is 13.1. The summed E-state index contributed by atoms with van der Waals surface area (Å²) in [6.07, 6.45) is 3.53. The van der Waals surface area contributed by atoms with Crippen LogP contribution in [0.25, 0.3) is 17.0 Å². The van der Waals surface area contributed by atoms with Crippen molar-refractivity contribution in [3.63, 3.8) is 0 Å². The second-order valence-corrected chi connectivity index (χ2v) is 6.30. The first-order valence-corrected chi connectivity index (χ1v) is 8.71. The van der Waals surface area contributed by atoms with Crippen LogP contribution in [0.4, 0.5) is 0 Å². The van der Waals surface area contributed by atoms with Crippen molar-refractivity contribution in [2.24, 2.45) is 5.41 Å². The smallest absolute Gasteiger partial charge is 0.418 e. The van der Waals surface area contributed by atoms with Crippen LogP contribution < -0.4 is 0 Å². The molecule has 27 heavy (non-hydrogen) atoms. The Hall–Kier alpha value is -3.43. The highest BCUT2D eigenvalue weighted by Crippen LogP contribution is 2.39. The van der Waals surface area contributed by atoms with Crippen molar-refractivity contribution in [3.8, 4) is 0 Å². The minimum Gasteiger partial charge on any atom is -0.457 e. The standard InChI is InChI=1S/C22H20N2O3/c1-3-26-21(25)20(24-23)22(2)14-18(16-10-6-4-7-11-16)27-19(15-22)17-12-8-5-9-13-17/h4-15H,3H2,1-2H3. The summed E-state index contributed by atoms with van der Waals surface area (Å²) >= 11 is 0. The summed E-state index contributed by atoms with van der Waals surface area (Å²) in [6, 6.07) is 19.1. The molecule has 0 spiro atoms. The molecule has 1 aliphatic rings. The average Bonchev–Trinajstić information content (AvgIpc) is 2.69. The van der Waals surface area contributed by atoms with E-state index in [0.717, 1.165) is 11.1 Å². The Morgan fingerprint density at radius 3 is 1.89 bits per heavy atom. The number of hydrogen-bond acceptors (Lipinski definition) is 3. The SMILES string of the molecule is CCOC(=O)C(=[N+]=[N-])C1(C)C=C(c2ccccc2)OC(c2ccccc2)=C1. The number of benzene rings is 2. The van der Waals surface area contributed by atoms with E-state index in [4.69, 9.17) is 9.47 Å². The van der Waals surface area contributed by atoms with Gasteiger partial charge < -0.3 is 15.0 Å². The predicted octanol–water partition coefficient (Wildman–Crippen LogP) is 4.34. The third kappa shape index (κ3) is 3.89. The minimum atomic E-state index is -1.00. The fourth-order valence-electron chi connectivity index (χ4n) is 2.96. The highest BCUT2D eigenvalue weighted by Gasteiger charge is 2.44. The fraction of sp³-hybridized carbons (Fsp3) is 0.182. The molecule has 0 amide bonds. The highest BCUT2D eigenvalue weighted by molar-refractivity contribution is 6.37. The van der Waals surface area contributed by atoms with Crippen LogP contribution in [0.5, 0.6) is 0 Å². The fourth-order valence-corrected chi connectivity index (χ4v) is 2.96. The molecular formula is C22H20N2O3. The second kappa shape index (κ2) is 7.85. The maximum Gasteiger partial charge on any atom is 0.418 e. The van der Waals surface area contributed by atoms with E-state index in [9.17, 15) is 10.3 Å². The molecule has 3 rings (SSSR count). The second-order valence-electron chi connectivity index (χ2n) is 6.30. The van der Waals surface area contributed by atoms with Gasteiger partial charge in [-0.2, -0.15) is 4.79 Å². The highest BCUT2D eigenvalue weighted by atomic mass is 16.5. The van der Waals surface area contributed by atoms with Gasteiger partial charge in [-0.3, -0.25) is 0 Å². The molecule has 2 aromatic carbocycles. The van der Waals surface area contributed by atoms with Crippen LogP contribution in [0.15, 0.2) is 72.8 Å². The molecule has 0 saturated carbocycles. The van der Waals surface area contributed by atoms with Gasteiger partial charge in [-0.05, 0) is 26.0 Å². The van der Waals surface area contributed by atoms with Crippen LogP contribution in [0.1, 0.15) is 25.0 Å². The molecule has 0 aromatic heterocycles. The minimum absolute atomic E-state index is 0.102. The zero-order valence-electron chi connectivity index (χ0n) is 15.3. The topological polar surface area (TPSA) is 71.9 Å². The van der Waals surface area contributed by atoms with Gasteiger partial charge in [-0.25, -0.2) is 4.79 Å². The zero-order valence-corrected chi connectivity index (χ0v) is 15.3. The maximum absolute atomic E-state index is 12.4. The summed E-state index contributed by atoms with van der Waals surface area (Å²) in [5.74, 6) is 0.478. The van der Waals surface area contributed by atoms with Crippen LogP contribution >= 0.6 is 0 Å². The van der Waals surface area contributed by atoms with E-state index in [0.29, 0.717) is 11.5 Å². The quantitative estimate of drug-likeness (QED) is 0.345. The Morgan fingerprint density at radius 2 is 1.48 bits per heavy atom. The Morgan fingerprint density at radius 1 is 1.00 bits per heavy atom. The Bertz CT molecular complexity index is 885. The van der Waals surface area contributed by atoms with Crippen molar-refractivity contribution < 1.29 is 19.1 Å². The van der Waals surface area contributed by atoms with Gasteiger partial charge in [0.1, 0.15) is 16.9 Å². The molecule has 0 bridgehead atoms. The number of allylic oxidation sites excluding steroid dienone is 2. The largest absolute Gasteiger partial charge is 0.457 e. The summed E-state index contributed by atoms with van der Waals surface area (Å²) in [7, 11) is 0. The van der Waals surface area contributed by atoms with E-state index in [-0.39, 0.29) is 12.3 Å². The Balaban J connectivity index is 2.13. The lowest BCUT2D eigenvalue weighted by molar-refractivity contribution is -0.140. The molecule has 0 atom stereocenters. The molecule has 0 fully saturated rings. The van der Waals surface area contributed by atoms with E-state index in [1.807, 2.05) is 60.7 Å². The first kappa shape index (κ1) is 18.4. The lowest BCUT2D eigenvalue weighted by atomic mass is 9.81. The average molecular weight is 360 g/mol. The van der Waals surface area contributed by atoms with Gasteiger partial charge in [-0.15, -0.1) is 0 Å². The van der Waals surface area contributed by atoms with Gasteiger partial charge in [0.15, 0.2) is 0 Å². The molecule has 0 N–H and O–H groups in total. The maximum atomic E-state index is 12.4. The number of carbonyl (C=O) groups excluding carboxylic acids is 1. The predicted molar refractivity (Wildman–Crippen MR) is 103 cm³/mol. The van der Waals surface area contributed by atoms with E-state index in [1.54, 1.807) is 26.0 Å². The third-order valence-corrected chi connectivity index (χ3v) is 4.28. The van der Waals surface area contributed by atoms with E-state index in [1.165, 1.54) is 0 Å². The van der Waals surface area contributed by atoms with Gasteiger partial charge >= 0.3 is 11.7 Å². The van der Waals surface area contributed by atoms with Gasteiger partial charge in [0.2, 0.25) is 0 Å². The molecule has 2 aromatic rings. The van der Waals surface area contributed by atoms with Crippen LogP contribution in [0.2, 0.25) is 0 Å². The number of rotatable bonds is 5. The van der Waals surface area contributed by atoms with Crippen molar-refractivity contribution >= 4 is 23.2 Å². The monoisotopic (exact) mass is 360 g/mol. The normalized spacial score (nSPS) is 14.9. The Labute approximate surface area is 158 Å². The number of ether oxygens (including phenoxy) is 2. The molecule has 0 saturated heterocycles. The molecule has 1 heterocycles. The summed E-state index contributed by atoms with van der Waals surface area (Å²) in [5.41, 5.74) is 10.1. The molecule has 0 radical (unpaired) electrons. The number of esters is 1. The van der Waals surface area contributed by atoms with Gasteiger partial charge in [0, 0.05) is 11.1 Å². The van der Waals surface area contributed by atoms with Crippen molar-refractivity contribution in [3.05, 3.63) is 89.5 Å². The number of carbonyl (C=O) groups is 1. The van der Waals surface area contributed by atoms with Gasteiger partial charge in [0.25, 0.3) is 0 Å². The van der Waals surface area contributed by atoms with Gasteiger partial charge in [-0.1, -0.05) is 60.7 Å². The van der Waals surface area contributed by atoms with Gasteiger partial charge in [0.05, 0.1) is 6.61 Å². The molecule has 136 valence electrons. The van der Waals surface area contributed by atoms with Crippen molar-refractivity contribution in [1.29, 1.82) is 0 Å². The molecule has 5 heteroatoms. The summed E-state index contributed by atoms with van der Waals surface area (Å²) in [4.78, 5) is 15.6. The molecule has 1 aliphatic heterocycles. The van der Waals surface area contributed by atoms with Crippen molar-refractivity contribution in [2.45, 2.75) is 13.8 Å². The van der Waals surface area contributed by atoms with Crippen LogP contribution in [0.3, 0.4) is 0 Å².